The molecule has 0 aliphatic carbocycles. The average Bonchev–Trinajstić information content (AvgIpc) is 2.35. The van der Waals surface area contributed by atoms with Crippen molar-refractivity contribution in [3.8, 4) is 0 Å². The minimum atomic E-state index is 0.475. The second-order valence-corrected chi connectivity index (χ2v) is 2.72. The molecule has 2 aromatic heterocycles. The quantitative estimate of drug-likeness (QED) is 0.609. The van der Waals surface area contributed by atoms with Gasteiger partial charge in [-0.25, -0.2) is 9.97 Å². The summed E-state index contributed by atoms with van der Waals surface area (Å²) in [6, 6.07) is 0. The molecule has 11 heavy (non-hydrogen) atoms. The molecule has 56 valence electrons. The second-order valence-electron chi connectivity index (χ2n) is 2.36. The molecule has 0 aliphatic heterocycles. The first-order chi connectivity index (χ1) is 5.29. The van der Waals surface area contributed by atoms with Gasteiger partial charge < -0.3 is 4.98 Å². The fraction of sp³-hybridized carbons (Fsp3) is 0.143. The van der Waals surface area contributed by atoms with Crippen molar-refractivity contribution in [1.82, 2.24) is 15.0 Å². The van der Waals surface area contributed by atoms with E-state index < -0.39 is 0 Å². The van der Waals surface area contributed by atoms with Crippen molar-refractivity contribution in [2.24, 2.45) is 0 Å². The van der Waals surface area contributed by atoms with E-state index in [4.69, 9.17) is 11.6 Å². The zero-order chi connectivity index (χ0) is 7.84. The highest BCUT2D eigenvalue weighted by molar-refractivity contribution is 6.33. The number of rotatable bonds is 0. The van der Waals surface area contributed by atoms with E-state index in [0.717, 1.165) is 16.6 Å². The van der Waals surface area contributed by atoms with Crippen LogP contribution in [-0.2, 0) is 0 Å². The molecule has 2 aromatic rings. The van der Waals surface area contributed by atoms with Crippen molar-refractivity contribution in [2.45, 2.75) is 6.92 Å². The summed E-state index contributed by atoms with van der Waals surface area (Å²) in [5, 5.41) is 0.475. The number of aryl methyl sites for hydroxylation is 1. The zero-order valence-corrected chi connectivity index (χ0v) is 6.68. The molecule has 0 saturated carbocycles. The molecule has 1 N–H and O–H groups in total. The van der Waals surface area contributed by atoms with E-state index in [0.29, 0.717) is 5.15 Å². The number of hydrogen-bond donors (Lipinski definition) is 1. The Bertz CT molecular complexity index is 393. The molecule has 2 rings (SSSR count). The molecular weight excluding hydrogens is 162 g/mol. The Morgan fingerprint density at radius 3 is 3.00 bits per heavy atom. The first-order valence-corrected chi connectivity index (χ1v) is 3.61. The van der Waals surface area contributed by atoms with E-state index in [-0.39, 0.29) is 0 Å². The second kappa shape index (κ2) is 2.20. The highest BCUT2D eigenvalue weighted by atomic mass is 35.5. The van der Waals surface area contributed by atoms with Crippen molar-refractivity contribution in [1.29, 1.82) is 0 Å². The predicted octanol–water partition coefficient (Wildman–Crippen LogP) is 1.92. The summed E-state index contributed by atoms with van der Waals surface area (Å²) in [6.07, 6.45) is 3.33. The smallest absolute Gasteiger partial charge is 0.156 e. The van der Waals surface area contributed by atoms with Gasteiger partial charge in [0.25, 0.3) is 0 Å². The fourth-order valence-corrected chi connectivity index (χ4v) is 1.23. The Kier molecular flexibility index (Phi) is 1.32. The van der Waals surface area contributed by atoms with Gasteiger partial charge in [0.15, 0.2) is 5.15 Å². The number of hydrogen-bond acceptors (Lipinski definition) is 2. The van der Waals surface area contributed by atoms with Crippen molar-refractivity contribution in [3.05, 3.63) is 23.2 Å². The summed E-state index contributed by atoms with van der Waals surface area (Å²) in [7, 11) is 0. The third-order valence-corrected chi connectivity index (χ3v) is 1.89. The number of nitrogens with zero attached hydrogens (tertiary/aromatic N) is 2. The van der Waals surface area contributed by atoms with Gasteiger partial charge in [0.05, 0.1) is 5.52 Å². The van der Waals surface area contributed by atoms with E-state index in [1.54, 1.807) is 0 Å². The average molecular weight is 168 g/mol. The summed E-state index contributed by atoms with van der Waals surface area (Å²) in [6.45, 7) is 1.97. The molecule has 0 atom stereocenters. The normalized spacial score (nSPS) is 10.7. The molecule has 3 nitrogen and oxygen atoms in total. The summed E-state index contributed by atoms with van der Waals surface area (Å²) in [5.74, 6) is 0. The van der Waals surface area contributed by atoms with Crippen LogP contribution in [0.4, 0.5) is 0 Å². The van der Waals surface area contributed by atoms with Crippen LogP contribution in [0.3, 0.4) is 0 Å². The topological polar surface area (TPSA) is 41.6 Å². The minimum absolute atomic E-state index is 0.475. The summed E-state index contributed by atoms with van der Waals surface area (Å²) in [4.78, 5) is 10.9. The number of H-pyrrole nitrogens is 1. The van der Waals surface area contributed by atoms with Gasteiger partial charge in [0.1, 0.15) is 11.8 Å². The Labute approximate surface area is 68.4 Å². The molecule has 0 saturated heterocycles. The number of halogens is 1. The van der Waals surface area contributed by atoms with Gasteiger partial charge >= 0.3 is 0 Å². The van der Waals surface area contributed by atoms with Crippen LogP contribution in [0.5, 0.6) is 0 Å². The first-order valence-electron chi connectivity index (χ1n) is 3.23. The maximum atomic E-state index is 5.79. The van der Waals surface area contributed by atoms with Crippen molar-refractivity contribution >= 4 is 22.6 Å². The van der Waals surface area contributed by atoms with Gasteiger partial charge in [-0.2, -0.15) is 0 Å². The molecule has 0 bridgehead atoms. The molecule has 0 radical (unpaired) electrons. The Morgan fingerprint density at radius 1 is 1.45 bits per heavy atom. The molecule has 0 unspecified atom stereocenters. The van der Waals surface area contributed by atoms with Crippen molar-refractivity contribution in [2.75, 3.05) is 0 Å². The molecular formula is C7H6ClN3. The lowest BCUT2D eigenvalue weighted by atomic mass is 10.3. The Morgan fingerprint density at radius 2 is 2.27 bits per heavy atom. The lowest BCUT2D eigenvalue weighted by Crippen LogP contribution is -1.80. The van der Waals surface area contributed by atoms with Gasteiger partial charge in [0, 0.05) is 6.20 Å². The van der Waals surface area contributed by atoms with Crippen LogP contribution in [0.15, 0.2) is 12.5 Å². The molecule has 2 heterocycles. The molecule has 0 aromatic carbocycles. The van der Waals surface area contributed by atoms with Crippen molar-refractivity contribution in [3.63, 3.8) is 0 Å². The highest BCUT2D eigenvalue weighted by Crippen LogP contribution is 2.19. The fourth-order valence-electron chi connectivity index (χ4n) is 1.04. The van der Waals surface area contributed by atoms with Crippen LogP contribution >= 0.6 is 11.6 Å². The highest BCUT2D eigenvalue weighted by Gasteiger charge is 2.03. The molecule has 4 heteroatoms. The number of nitrogens with one attached hydrogen (secondary N) is 1. The van der Waals surface area contributed by atoms with E-state index in [1.165, 1.54) is 6.33 Å². The van der Waals surface area contributed by atoms with Crippen LogP contribution in [0.2, 0.25) is 5.15 Å². The zero-order valence-electron chi connectivity index (χ0n) is 5.93. The molecule has 0 fully saturated rings. The third-order valence-electron chi connectivity index (χ3n) is 1.61. The van der Waals surface area contributed by atoms with Gasteiger partial charge in [-0.1, -0.05) is 11.6 Å². The van der Waals surface area contributed by atoms with Crippen LogP contribution in [-0.4, -0.2) is 15.0 Å². The van der Waals surface area contributed by atoms with Crippen LogP contribution in [0.1, 0.15) is 5.56 Å². The molecule has 0 amide bonds. The predicted molar refractivity (Wildman–Crippen MR) is 43.6 cm³/mol. The summed E-state index contributed by atoms with van der Waals surface area (Å²) in [5.41, 5.74) is 2.79. The van der Waals surface area contributed by atoms with E-state index in [1.807, 2.05) is 13.1 Å². The lowest BCUT2D eigenvalue weighted by Gasteiger charge is -1.90. The van der Waals surface area contributed by atoms with Crippen LogP contribution in [0, 0.1) is 6.92 Å². The molecule has 0 aliphatic rings. The summed E-state index contributed by atoms with van der Waals surface area (Å²) < 4.78 is 0. The van der Waals surface area contributed by atoms with Gasteiger partial charge in [-0.05, 0) is 12.5 Å². The van der Waals surface area contributed by atoms with Gasteiger partial charge in [0.2, 0.25) is 0 Å². The third kappa shape index (κ3) is 0.886. The monoisotopic (exact) mass is 167 g/mol. The lowest BCUT2D eigenvalue weighted by molar-refractivity contribution is 1.21. The Balaban J connectivity index is 2.94. The maximum Gasteiger partial charge on any atom is 0.156 e. The largest absolute Gasteiger partial charge is 0.357 e. The van der Waals surface area contributed by atoms with Gasteiger partial charge in [-0.3, -0.25) is 0 Å². The SMILES string of the molecule is Cc1c[nH]c2c(Cl)ncnc12. The number of aromatic nitrogens is 3. The van der Waals surface area contributed by atoms with Crippen molar-refractivity contribution < 1.29 is 0 Å². The minimum Gasteiger partial charge on any atom is -0.357 e. The first kappa shape index (κ1) is 6.61. The van der Waals surface area contributed by atoms with E-state index >= 15 is 0 Å². The standard InChI is InChI=1S/C7H6ClN3/c1-4-2-9-6-5(4)10-3-11-7(6)8/h2-3,9H,1H3. The Hall–Kier alpha value is -1.09. The van der Waals surface area contributed by atoms with E-state index in [9.17, 15) is 0 Å². The van der Waals surface area contributed by atoms with E-state index in [2.05, 4.69) is 15.0 Å². The number of fused-ring (bicyclic) bond motifs is 1. The number of aromatic amines is 1. The summed E-state index contributed by atoms with van der Waals surface area (Å²) >= 11 is 5.79. The molecule has 0 spiro atoms. The van der Waals surface area contributed by atoms with Crippen LogP contribution < -0.4 is 0 Å². The maximum absolute atomic E-state index is 5.79. The van der Waals surface area contributed by atoms with Gasteiger partial charge in [-0.15, -0.1) is 0 Å². The van der Waals surface area contributed by atoms with Crippen LogP contribution in [0.25, 0.3) is 11.0 Å².